The predicted octanol–water partition coefficient (Wildman–Crippen LogP) is 2.74. The molecule has 0 spiro atoms. The Kier molecular flexibility index (Phi) is 4.60. The van der Waals surface area contributed by atoms with Crippen LogP contribution in [-0.4, -0.2) is 39.5 Å². The summed E-state index contributed by atoms with van der Waals surface area (Å²) < 4.78 is 0. The Balaban J connectivity index is 2.26. The van der Waals surface area contributed by atoms with Gasteiger partial charge in [0, 0.05) is 12.6 Å². The second-order valence-corrected chi connectivity index (χ2v) is 5.94. The molecular formula is C16H22N2O3. The van der Waals surface area contributed by atoms with Crippen LogP contribution in [0.1, 0.15) is 59.7 Å². The van der Waals surface area contributed by atoms with E-state index in [2.05, 4.69) is 18.8 Å². The van der Waals surface area contributed by atoms with E-state index in [0.717, 1.165) is 25.8 Å². The molecule has 5 nitrogen and oxygen atoms in total. The summed E-state index contributed by atoms with van der Waals surface area (Å²) in [6.45, 7) is 6.63. The fourth-order valence-electron chi connectivity index (χ4n) is 2.96. The van der Waals surface area contributed by atoms with Gasteiger partial charge in [0.1, 0.15) is 5.69 Å². The molecule has 1 N–H and O–H groups in total. The maximum Gasteiger partial charge on any atom is 0.337 e. The van der Waals surface area contributed by atoms with Crippen LogP contribution in [0, 0.1) is 12.8 Å². The maximum atomic E-state index is 12.7. The van der Waals surface area contributed by atoms with Crippen molar-refractivity contribution in [3.63, 3.8) is 0 Å². The highest BCUT2D eigenvalue weighted by Gasteiger charge is 2.30. The van der Waals surface area contributed by atoms with Gasteiger partial charge in [-0.2, -0.15) is 0 Å². The van der Waals surface area contributed by atoms with Crippen molar-refractivity contribution >= 4 is 11.9 Å². The molecule has 0 aliphatic carbocycles. The van der Waals surface area contributed by atoms with Crippen molar-refractivity contribution in [2.75, 3.05) is 6.54 Å². The summed E-state index contributed by atoms with van der Waals surface area (Å²) in [6, 6.07) is 3.23. The molecule has 1 aromatic heterocycles. The van der Waals surface area contributed by atoms with E-state index in [4.69, 9.17) is 5.11 Å². The molecule has 0 bridgehead atoms. The van der Waals surface area contributed by atoms with E-state index in [0.29, 0.717) is 17.3 Å². The van der Waals surface area contributed by atoms with Gasteiger partial charge >= 0.3 is 5.97 Å². The number of pyridine rings is 1. The summed E-state index contributed by atoms with van der Waals surface area (Å²) in [7, 11) is 0. The molecule has 0 saturated carbocycles. The number of carboxylic acids is 1. The first-order valence-corrected chi connectivity index (χ1v) is 7.43. The lowest BCUT2D eigenvalue weighted by Gasteiger charge is -2.38. The minimum atomic E-state index is -1.02. The minimum Gasteiger partial charge on any atom is -0.478 e. The van der Waals surface area contributed by atoms with E-state index >= 15 is 0 Å². The van der Waals surface area contributed by atoms with Gasteiger partial charge in [-0.3, -0.25) is 4.79 Å². The first-order chi connectivity index (χ1) is 9.91. The van der Waals surface area contributed by atoms with Crippen molar-refractivity contribution < 1.29 is 14.7 Å². The Morgan fingerprint density at radius 1 is 1.33 bits per heavy atom. The van der Waals surface area contributed by atoms with Crippen LogP contribution in [0.2, 0.25) is 0 Å². The lowest BCUT2D eigenvalue weighted by atomic mass is 9.92. The minimum absolute atomic E-state index is 0.0894. The second-order valence-electron chi connectivity index (χ2n) is 5.94. The molecule has 1 aliphatic heterocycles. The number of piperidine rings is 1. The average Bonchev–Trinajstić information content (AvgIpc) is 2.45. The maximum absolute atomic E-state index is 12.7. The molecule has 0 aromatic carbocycles. The van der Waals surface area contributed by atoms with Crippen molar-refractivity contribution in [3.05, 3.63) is 29.1 Å². The van der Waals surface area contributed by atoms with Gasteiger partial charge in [-0.15, -0.1) is 0 Å². The van der Waals surface area contributed by atoms with Gasteiger partial charge in [0.2, 0.25) is 0 Å². The summed E-state index contributed by atoms with van der Waals surface area (Å²) in [4.78, 5) is 29.8. The summed E-state index contributed by atoms with van der Waals surface area (Å²) in [6.07, 6.45) is 3.19. The number of rotatable bonds is 3. The number of carbonyl (C=O) groups is 2. The zero-order valence-corrected chi connectivity index (χ0v) is 12.8. The molecule has 1 fully saturated rings. The van der Waals surface area contributed by atoms with Gasteiger partial charge in [0.05, 0.1) is 11.3 Å². The number of aromatic nitrogens is 1. The smallest absolute Gasteiger partial charge is 0.337 e. The monoisotopic (exact) mass is 290 g/mol. The lowest BCUT2D eigenvalue weighted by molar-refractivity contribution is 0.0535. The molecule has 1 unspecified atom stereocenters. The van der Waals surface area contributed by atoms with Gasteiger partial charge in [0.25, 0.3) is 5.91 Å². The molecule has 1 aromatic rings. The van der Waals surface area contributed by atoms with Crippen molar-refractivity contribution in [1.82, 2.24) is 9.88 Å². The number of amides is 1. The molecule has 1 saturated heterocycles. The Labute approximate surface area is 125 Å². The Morgan fingerprint density at radius 3 is 2.62 bits per heavy atom. The van der Waals surface area contributed by atoms with Crippen molar-refractivity contribution in [3.8, 4) is 0 Å². The summed E-state index contributed by atoms with van der Waals surface area (Å²) in [5, 5.41) is 9.02. The van der Waals surface area contributed by atoms with Crippen LogP contribution in [0.25, 0.3) is 0 Å². The quantitative estimate of drug-likeness (QED) is 0.929. The molecule has 2 heterocycles. The number of carboxylic acid groups (broad SMARTS) is 1. The van der Waals surface area contributed by atoms with E-state index in [-0.39, 0.29) is 17.5 Å². The van der Waals surface area contributed by atoms with Crippen LogP contribution >= 0.6 is 0 Å². The topological polar surface area (TPSA) is 70.5 Å². The first kappa shape index (κ1) is 15.5. The number of hydrogen-bond donors (Lipinski definition) is 1. The molecule has 1 amide bonds. The number of carbonyl (C=O) groups excluding carboxylic acids is 1. The third kappa shape index (κ3) is 3.23. The van der Waals surface area contributed by atoms with Crippen molar-refractivity contribution in [1.29, 1.82) is 0 Å². The number of aryl methyl sites for hydroxylation is 1. The number of likely N-dealkylation sites (tertiary alicyclic amines) is 1. The molecule has 5 heteroatoms. The van der Waals surface area contributed by atoms with Gasteiger partial charge in [-0.25, -0.2) is 9.78 Å². The van der Waals surface area contributed by atoms with E-state index < -0.39 is 5.97 Å². The zero-order valence-electron chi connectivity index (χ0n) is 12.8. The zero-order chi connectivity index (χ0) is 15.6. The third-order valence-electron chi connectivity index (χ3n) is 4.11. The summed E-state index contributed by atoms with van der Waals surface area (Å²) in [5.41, 5.74) is 0.863. The Hall–Kier alpha value is -1.91. The van der Waals surface area contributed by atoms with E-state index in [1.165, 1.54) is 12.1 Å². The highest BCUT2D eigenvalue weighted by atomic mass is 16.4. The number of hydrogen-bond acceptors (Lipinski definition) is 3. The number of nitrogens with zero attached hydrogens (tertiary/aromatic N) is 2. The highest BCUT2D eigenvalue weighted by molar-refractivity contribution is 5.94. The van der Waals surface area contributed by atoms with Gasteiger partial charge in [0.15, 0.2) is 0 Å². The summed E-state index contributed by atoms with van der Waals surface area (Å²) in [5.74, 6) is -0.695. The third-order valence-corrected chi connectivity index (χ3v) is 4.11. The van der Waals surface area contributed by atoms with Gasteiger partial charge in [-0.1, -0.05) is 13.8 Å². The normalized spacial score (nSPS) is 18.9. The van der Waals surface area contributed by atoms with Crippen molar-refractivity contribution in [2.45, 2.75) is 46.1 Å². The SMILES string of the molecule is Cc1nc(C(=O)N2CCCCC2C(C)C)ccc1C(=O)O. The van der Waals surface area contributed by atoms with Gasteiger partial charge < -0.3 is 10.0 Å². The molecule has 0 radical (unpaired) electrons. The van der Waals surface area contributed by atoms with Crippen LogP contribution in [0.5, 0.6) is 0 Å². The first-order valence-electron chi connectivity index (χ1n) is 7.43. The number of aromatic carboxylic acids is 1. The fourth-order valence-corrected chi connectivity index (χ4v) is 2.96. The van der Waals surface area contributed by atoms with Crippen LogP contribution in [0.3, 0.4) is 0 Å². The molecule has 1 aliphatic rings. The van der Waals surface area contributed by atoms with Crippen LogP contribution in [0.15, 0.2) is 12.1 Å². The molecule has 1 atom stereocenters. The van der Waals surface area contributed by atoms with E-state index in [1.54, 1.807) is 6.92 Å². The van der Waals surface area contributed by atoms with Crippen LogP contribution in [-0.2, 0) is 0 Å². The summed E-state index contributed by atoms with van der Waals surface area (Å²) >= 11 is 0. The Morgan fingerprint density at radius 2 is 2.05 bits per heavy atom. The molecule has 114 valence electrons. The predicted molar refractivity (Wildman–Crippen MR) is 79.4 cm³/mol. The van der Waals surface area contributed by atoms with Crippen LogP contribution < -0.4 is 0 Å². The van der Waals surface area contributed by atoms with Crippen LogP contribution in [0.4, 0.5) is 0 Å². The molecule has 21 heavy (non-hydrogen) atoms. The van der Waals surface area contributed by atoms with E-state index in [9.17, 15) is 9.59 Å². The standard InChI is InChI=1S/C16H22N2O3/c1-10(2)14-6-4-5-9-18(14)15(19)13-8-7-12(16(20)21)11(3)17-13/h7-8,10,14H,4-6,9H2,1-3H3,(H,20,21). The lowest BCUT2D eigenvalue weighted by Crippen LogP contribution is -2.46. The average molecular weight is 290 g/mol. The van der Waals surface area contributed by atoms with Crippen molar-refractivity contribution in [2.24, 2.45) is 5.92 Å². The van der Waals surface area contributed by atoms with Gasteiger partial charge in [-0.05, 0) is 44.2 Å². The Bertz CT molecular complexity index is 554. The molecule has 2 rings (SSSR count). The fraction of sp³-hybridized carbons (Fsp3) is 0.562. The molecular weight excluding hydrogens is 268 g/mol. The van der Waals surface area contributed by atoms with E-state index in [1.807, 2.05) is 4.90 Å². The second kappa shape index (κ2) is 6.24. The highest BCUT2D eigenvalue weighted by Crippen LogP contribution is 2.24. The largest absolute Gasteiger partial charge is 0.478 e.